The minimum absolute atomic E-state index is 0.0668. The molecule has 2 amide bonds. The van der Waals surface area contributed by atoms with Gasteiger partial charge in [-0.05, 0) is 24.3 Å². The molecule has 0 aromatic heterocycles. The molecule has 0 radical (unpaired) electrons. The predicted octanol–water partition coefficient (Wildman–Crippen LogP) is 0.752. The second-order valence-corrected chi connectivity index (χ2v) is 3.51. The van der Waals surface area contributed by atoms with Gasteiger partial charge in [-0.1, -0.05) is 0 Å². The highest BCUT2D eigenvalue weighted by atomic mass is 19.4. The monoisotopic (exact) mass is 276 g/mol. The fourth-order valence-corrected chi connectivity index (χ4v) is 1.18. The van der Waals surface area contributed by atoms with E-state index in [4.69, 9.17) is 5.11 Å². The molecule has 0 aliphatic carbocycles. The van der Waals surface area contributed by atoms with Crippen LogP contribution >= 0.6 is 0 Å². The Balaban J connectivity index is 2.63. The number of amides is 2. The average molecular weight is 276 g/mol. The van der Waals surface area contributed by atoms with Gasteiger partial charge < -0.3 is 15.7 Å². The number of aliphatic hydroxyl groups excluding tert-OH is 1. The van der Waals surface area contributed by atoms with E-state index in [-0.39, 0.29) is 18.8 Å². The molecule has 0 atom stereocenters. The third-order valence-corrected chi connectivity index (χ3v) is 2.07. The third kappa shape index (κ3) is 4.59. The molecule has 1 aromatic carbocycles. The van der Waals surface area contributed by atoms with Gasteiger partial charge in [-0.15, -0.1) is 0 Å². The Hall–Kier alpha value is -2.09. The van der Waals surface area contributed by atoms with Crippen molar-refractivity contribution in [3.05, 3.63) is 29.8 Å². The van der Waals surface area contributed by atoms with Gasteiger partial charge in [-0.25, -0.2) is 0 Å². The number of benzene rings is 1. The maximum Gasteiger partial charge on any atom is 0.416 e. The number of halogens is 3. The zero-order chi connectivity index (χ0) is 14.5. The van der Waals surface area contributed by atoms with Crippen molar-refractivity contribution in [3.63, 3.8) is 0 Å². The predicted molar refractivity (Wildman–Crippen MR) is 60.2 cm³/mol. The van der Waals surface area contributed by atoms with E-state index < -0.39 is 23.6 Å². The lowest BCUT2D eigenvalue weighted by atomic mass is 10.2. The van der Waals surface area contributed by atoms with Crippen LogP contribution in [0, 0.1) is 0 Å². The zero-order valence-electron chi connectivity index (χ0n) is 9.62. The number of alkyl halides is 3. The standard InChI is InChI=1S/C11H11F3N2O3/c12-11(13,14)7-1-3-8(4-2-7)16-10(19)9(18)15-5-6-17/h1-4,17H,5-6H2,(H,15,18)(H,16,19). The molecule has 1 aromatic rings. The van der Waals surface area contributed by atoms with Crippen molar-refractivity contribution in [1.29, 1.82) is 0 Å². The van der Waals surface area contributed by atoms with Crippen molar-refractivity contribution in [1.82, 2.24) is 5.32 Å². The maximum atomic E-state index is 12.3. The summed E-state index contributed by atoms with van der Waals surface area (Å²) < 4.78 is 36.8. The van der Waals surface area contributed by atoms with Crippen LogP contribution in [0.5, 0.6) is 0 Å². The Bertz CT molecular complexity index is 457. The number of hydrogen-bond acceptors (Lipinski definition) is 3. The van der Waals surface area contributed by atoms with Crippen LogP contribution in [0.4, 0.5) is 18.9 Å². The van der Waals surface area contributed by atoms with Crippen LogP contribution < -0.4 is 10.6 Å². The van der Waals surface area contributed by atoms with E-state index in [0.717, 1.165) is 24.3 Å². The van der Waals surface area contributed by atoms with Crippen molar-refractivity contribution in [2.45, 2.75) is 6.18 Å². The van der Waals surface area contributed by atoms with E-state index in [2.05, 4.69) is 10.6 Å². The van der Waals surface area contributed by atoms with Gasteiger partial charge in [-0.2, -0.15) is 13.2 Å². The number of rotatable bonds is 3. The Kier molecular flexibility index (Phi) is 4.87. The molecule has 5 nitrogen and oxygen atoms in total. The first-order valence-corrected chi connectivity index (χ1v) is 5.22. The first-order valence-electron chi connectivity index (χ1n) is 5.22. The van der Waals surface area contributed by atoms with Crippen LogP contribution in [0.1, 0.15) is 5.56 Å². The molecule has 0 aliphatic rings. The van der Waals surface area contributed by atoms with Gasteiger partial charge in [0.2, 0.25) is 0 Å². The van der Waals surface area contributed by atoms with Crippen LogP contribution in [-0.2, 0) is 15.8 Å². The second-order valence-electron chi connectivity index (χ2n) is 3.51. The van der Waals surface area contributed by atoms with Gasteiger partial charge in [0.15, 0.2) is 0 Å². The Labute approximate surface area is 106 Å². The highest BCUT2D eigenvalue weighted by Crippen LogP contribution is 2.29. The van der Waals surface area contributed by atoms with E-state index in [1.807, 2.05) is 0 Å². The highest BCUT2D eigenvalue weighted by Gasteiger charge is 2.30. The van der Waals surface area contributed by atoms with E-state index >= 15 is 0 Å². The van der Waals surface area contributed by atoms with Crippen molar-refractivity contribution in [2.75, 3.05) is 18.5 Å². The molecule has 0 spiro atoms. The normalized spacial score (nSPS) is 10.9. The van der Waals surface area contributed by atoms with E-state index in [1.165, 1.54) is 0 Å². The molecule has 8 heteroatoms. The van der Waals surface area contributed by atoms with E-state index in [9.17, 15) is 22.8 Å². The number of anilines is 1. The van der Waals surface area contributed by atoms with Crippen molar-refractivity contribution < 1.29 is 27.9 Å². The van der Waals surface area contributed by atoms with Gasteiger partial charge in [0.05, 0.1) is 12.2 Å². The maximum absolute atomic E-state index is 12.3. The fourth-order valence-electron chi connectivity index (χ4n) is 1.18. The van der Waals surface area contributed by atoms with Gasteiger partial charge in [0.1, 0.15) is 0 Å². The fraction of sp³-hybridized carbons (Fsp3) is 0.273. The van der Waals surface area contributed by atoms with Crippen LogP contribution in [0.25, 0.3) is 0 Å². The molecule has 0 unspecified atom stereocenters. The zero-order valence-corrected chi connectivity index (χ0v) is 9.62. The third-order valence-electron chi connectivity index (χ3n) is 2.07. The van der Waals surface area contributed by atoms with E-state index in [1.54, 1.807) is 0 Å². The molecule has 0 saturated carbocycles. The van der Waals surface area contributed by atoms with Crippen molar-refractivity contribution in [2.24, 2.45) is 0 Å². The first kappa shape index (κ1) is 15.0. The lowest BCUT2D eigenvalue weighted by Crippen LogP contribution is -2.36. The summed E-state index contributed by atoms with van der Waals surface area (Å²) >= 11 is 0. The van der Waals surface area contributed by atoms with Crippen LogP contribution in [0.3, 0.4) is 0 Å². The Morgan fingerprint density at radius 2 is 1.68 bits per heavy atom. The molecule has 0 fully saturated rings. The number of aliphatic hydroxyl groups is 1. The van der Waals surface area contributed by atoms with Gasteiger partial charge in [-0.3, -0.25) is 9.59 Å². The highest BCUT2D eigenvalue weighted by molar-refractivity contribution is 6.39. The molecule has 19 heavy (non-hydrogen) atoms. The topological polar surface area (TPSA) is 78.4 Å². The lowest BCUT2D eigenvalue weighted by molar-refractivity contribution is -0.137. The SMILES string of the molecule is O=C(NCCO)C(=O)Nc1ccc(C(F)(F)F)cc1. The first-order chi connectivity index (χ1) is 8.84. The second kappa shape index (κ2) is 6.19. The summed E-state index contributed by atoms with van der Waals surface area (Å²) in [5.41, 5.74) is -0.785. The number of carbonyl (C=O) groups excluding carboxylic acids is 2. The minimum atomic E-state index is -4.46. The lowest BCUT2D eigenvalue weighted by Gasteiger charge is -2.08. The van der Waals surface area contributed by atoms with Crippen LogP contribution in [-0.4, -0.2) is 30.1 Å². The van der Waals surface area contributed by atoms with Crippen LogP contribution in [0.2, 0.25) is 0 Å². The largest absolute Gasteiger partial charge is 0.416 e. The molecule has 0 aliphatic heterocycles. The van der Waals surface area contributed by atoms with E-state index in [0.29, 0.717) is 0 Å². The summed E-state index contributed by atoms with van der Waals surface area (Å²) in [6, 6.07) is 3.67. The number of carbonyl (C=O) groups is 2. The summed E-state index contributed by atoms with van der Waals surface area (Å²) in [4.78, 5) is 22.4. The Morgan fingerprint density at radius 1 is 1.11 bits per heavy atom. The summed E-state index contributed by atoms with van der Waals surface area (Å²) in [6.45, 7) is -0.404. The van der Waals surface area contributed by atoms with Crippen LogP contribution in [0.15, 0.2) is 24.3 Å². The molecule has 104 valence electrons. The van der Waals surface area contributed by atoms with Gasteiger partial charge in [0.25, 0.3) is 0 Å². The smallest absolute Gasteiger partial charge is 0.395 e. The minimum Gasteiger partial charge on any atom is -0.395 e. The Morgan fingerprint density at radius 3 is 2.16 bits per heavy atom. The summed E-state index contributed by atoms with van der Waals surface area (Å²) in [5.74, 6) is -2.00. The molecular formula is C11H11F3N2O3. The quantitative estimate of drug-likeness (QED) is 0.713. The van der Waals surface area contributed by atoms with Gasteiger partial charge in [0, 0.05) is 12.2 Å². The molecule has 0 heterocycles. The molecular weight excluding hydrogens is 265 g/mol. The molecule has 0 saturated heterocycles. The molecule has 0 bridgehead atoms. The summed E-state index contributed by atoms with van der Waals surface area (Å²) in [5, 5.41) is 12.7. The summed E-state index contributed by atoms with van der Waals surface area (Å²) in [7, 11) is 0. The van der Waals surface area contributed by atoms with Gasteiger partial charge >= 0.3 is 18.0 Å². The number of hydrogen-bond donors (Lipinski definition) is 3. The summed E-state index contributed by atoms with van der Waals surface area (Å²) in [6.07, 6.45) is -4.46. The number of nitrogens with one attached hydrogen (secondary N) is 2. The van der Waals surface area contributed by atoms with Crippen molar-refractivity contribution in [3.8, 4) is 0 Å². The average Bonchev–Trinajstić information content (AvgIpc) is 2.35. The molecule has 3 N–H and O–H groups in total. The molecule has 1 rings (SSSR count). The van der Waals surface area contributed by atoms with Crippen molar-refractivity contribution >= 4 is 17.5 Å².